The maximum atomic E-state index is 15.3. The van der Waals surface area contributed by atoms with Gasteiger partial charge in [-0.2, -0.15) is 0 Å². The van der Waals surface area contributed by atoms with Crippen molar-refractivity contribution >= 4 is 22.5 Å². The van der Waals surface area contributed by atoms with Gasteiger partial charge in [0.2, 0.25) is 12.2 Å². The van der Waals surface area contributed by atoms with Gasteiger partial charge in [0.25, 0.3) is 0 Å². The molecule has 1 amide bonds. The number of fused-ring (bicyclic) bond motifs is 2. The van der Waals surface area contributed by atoms with E-state index in [-0.39, 0.29) is 71.7 Å². The van der Waals surface area contributed by atoms with Crippen LogP contribution in [0.15, 0.2) is 12.1 Å². The summed E-state index contributed by atoms with van der Waals surface area (Å²) in [6, 6.07) is 1.29. The molecule has 468 valence electrons. The van der Waals surface area contributed by atoms with Crippen LogP contribution in [0.5, 0.6) is 17.2 Å². The molecule has 6 fully saturated rings. The fraction of sp³-hybridized carbons (Fsp3) is 0.782. The van der Waals surface area contributed by atoms with Gasteiger partial charge < -0.3 is 129 Å². The van der Waals surface area contributed by atoms with Gasteiger partial charge in [0.15, 0.2) is 37.2 Å². The summed E-state index contributed by atoms with van der Waals surface area (Å²) in [5, 5.41) is 144. The first-order valence-corrected chi connectivity index (χ1v) is 28.2. The number of methoxy groups -OCH3 is 1. The highest BCUT2D eigenvalue weighted by atomic mass is 16.7. The van der Waals surface area contributed by atoms with Crippen LogP contribution in [-0.4, -0.2) is 257 Å². The highest BCUT2D eigenvalue weighted by Crippen LogP contribution is 2.48. The topological polar surface area (TPSA) is 420 Å². The Morgan fingerprint density at radius 1 is 0.675 bits per heavy atom. The van der Waals surface area contributed by atoms with Crippen molar-refractivity contribution < 1.29 is 133 Å². The normalized spacial score (nSPS) is 44.7. The monoisotopic (exact) mass is 1190 g/mol. The second kappa shape index (κ2) is 25.6. The van der Waals surface area contributed by atoms with Gasteiger partial charge in [-0.3, -0.25) is 9.59 Å². The Morgan fingerprint density at radius 2 is 1.19 bits per heavy atom. The SMILES string of the molecule is CO[C@H](C(=O)NC1C(O)OC(CO)C(O)C1O)[C@@H]1Cc2cc3cc(OC4CC(OC5CC(O)C(O)C(C)O5)C(O)C(C)O4)c(C)c(O)c3c(O)c2C(=O)[C@H]1OC1CC(OC2CC(OC3CC(C)(O)C(O)C(C)O3)C(O)C(C)O2)C(O)C(C)O1. The minimum Gasteiger partial charge on any atom is -0.507 e. The number of nitrogens with one attached hydrogen (secondary N) is 1. The van der Waals surface area contributed by atoms with E-state index in [1.807, 2.05) is 0 Å². The molecule has 9 rings (SSSR count). The number of ether oxygens (including phenoxy) is 12. The van der Waals surface area contributed by atoms with Gasteiger partial charge in [-0.1, -0.05) is 0 Å². The van der Waals surface area contributed by atoms with E-state index in [2.05, 4.69) is 5.32 Å². The summed E-state index contributed by atoms with van der Waals surface area (Å²) in [6.07, 6.45) is -31.6. The molecule has 1 aliphatic carbocycles. The molecule has 25 unspecified atom stereocenters. The molecule has 0 bridgehead atoms. The maximum absolute atomic E-state index is 15.3. The zero-order valence-electron chi connectivity index (χ0n) is 47.2. The Labute approximate surface area is 477 Å². The summed E-state index contributed by atoms with van der Waals surface area (Å²) in [7, 11) is 1.15. The van der Waals surface area contributed by atoms with Crippen molar-refractivity contribution in [2.45, 2.75) is 252 Å². The molecule has 2 aromatic carbocycles. The molecule has 6 aliphatic heterocycles. The predicted octanol–water partition coefficient (Wildman–Crippen LogP) is -2.64. The zero-order chi connectivity index (χ0) is 60.4. The Balaban J connectivity index is 0.989. The lowest BCUT2D eigenvalue weighted by Crippen LogP contribution is -2.65. The van der Waals surface area contributed by atoms with E-state index < -0.39 is 201 Å². The number of carbonyl (C=O) groups excluding carboxylic acids is 2. The first-order valence-electron chi connectivity index (χ1n) is 28.2. The molecule has 0 saturated carbocycles. The van der Waals surface area contributed by atoms with Gasteiger partial charge in [0.1, 0.15) is 84.3 Å². The molecule has 0 spiro atoms. The lowest BCUT2D eigenvalue weighted by molar-refractivity contribution is -0.334. The van der Waals surface area contributed by atoms with E-state index >= 15 is 4.79 Å². The molecular formula is C55H81NO27. The summed E-state index contributed by atoms with van der Waals surface area (Å²) in [5.74, 6) is -4.39. The average molecular weight is 1190 g/mol. The number of hydrogen-bond donors (Lipinski definition) is 14. The first-order chi connectivity index (χ1) is 39.1. The van der Waals surface area contributed by atoms with Crippen molar-refractivity contribution in [1.29, 1.82) is 0 Å². The lowest BCUT2D eigenvalue weighted by Gasteiger charge is -2.46. The molecule has 0 aromatic heterocycles. The van der Waals surface area contributed by atoms with Crippen LogP contribution < -0.4 is 10.1 Å². The molecule has 7 aliphatic rings. The predicted molar refractivity (Wildman–Crippen MR) is 278 cm³/mol. The summed E-state index contributed by atoms with van der Waals surface area (Å²) >= 11 is 0. The highest BCUT2D eigenvalue weighted by molar-refractivity contribution is 6.11. The fourth-order valence-electron chi connectivity index (χ4n) is 12.4. The smallest absolute Gasteiger partial charge is 0.250 e. The quantitative estimate of drug-likeness (QED) is 0.0866. The van der Waals surface area contributed by atoms with E-state index in [1.54, 1.807) is 27.7 Å². The van der Waals surface area contributed by atoms with Crippen LogP contribution in [-0.2, 0) is 63.3 Å². The van der Waals surface area contributed by atoms with Crippen LogP contribution in [0.2, 0.25) is 0 Å². The van der Waals surface area contributed by atoms with Crippen molar-refractivity contribution in [3.63, 3.8) is 0 Å². The van der Waals surface area contributed by atoms with Crippen LogP contribution in [0.1, 0.15) is 95.1 Å². The minimum absolute atomic E-state index is 0.0620. The molecule has 6 saturated heterocycles. The van der Waals surface area contributed by atoms with Crippen LogP contribution in [0.25, 0.3) is 10.8 Å². The van der Waals surface area contributed by atoms with Crippen molar-refractivity contribution in [2.24, 2.45) is 5.92 Å². The van der Waals surface area contributed by atoms with Crippen LogP contribution in [0.3, 0.4) is 0 Å². The van der Waals surface area contributed by atoms with Gasteiger partial charge in [0, 0.05) is 50.7 Å². The minimum atomic E-state index is -1.94. The average Bonchev–Trinajstić information content (AvgIpc) is 1.76. The first kappa shape index (κ1) is 63.9. The van der Waals surface area contributed by atoms with Crippen LogP contribution in [0.4, 0.5) is 0 Å². The second-order valence-corrected chi connectivity index (χ2v) is 23.4. The van der Waals surface area contributed by atoms with Crippen LogP contribution in [0, 0.1) is 12.8 Å². The molecule has 2 aromatic rings. The molecule has 28 heteroatoms. The zero-order valence-corrected chi connectivity index (χ0v) is 47.2. The Kier molecular flexibility index (Phi) is 19.7. The Morgan fingerprint density at radius 3 is 1.75 bits per heavy atom. The third-order valence-electron chi connectivity index (χ3n) is 17.3. The maximum Gasteiger partial charge on any atom is 0.250 e. The Hall–Kier alpha value is -3.64. The van der Waals surface area contributed by atoms with Crippen molar-refractivity contribution in [1.82, 2.24) is 5.32 Å². The van der Waals surface area contributed by atoms with E-state index in [9.17, 15) is 71.2 Å². The second-order valence-electron chi connectivity index (χ2n) is 23.4. The Bertz CT molecular complexity index is 2580. The summed E-state index contributed by atoms with van der Waals surface area (Å²) in [5.41, 5.74) is -1.63. The third-order valence-corrected chi connectivity index (χ3v) is 17.3. The van der Waals surface area contributed by atoms with E-state index in [0.717, 1.165) is 7.11 Å². The highest BCUT2D eigenvalue weighted by Gasteiger charge is 2.52. The van der Waals surface area contributed by atoms with Crippen LogP contribution >= 0.6 is 0 Å². The van der Waals surface area contributed by atoms with Crippen molar-refractivity contribution in [3.05, 3.63) is 28.8 Å². The number of phenols is 2. The van der Waals surface area contributed by atoms with E-state index in [1.165, 1.54) is 32.9 Å². The number of ketones is 1. The molecular weight excluding hydrogens is 1110 g/mol. The van der Waals surface area contributed by atoms with Gasteiger partial charge in [-0.25, -0.2) is 0 Å². The summed E-state index contributed by atoms with van der Waals surface area (Å²) in [4.78, 5) is 29.7. The van der Waals surface area contributed by atoms with Crippen molar-refractivity contribution in [3.8, 4) is 17.2 Å². The number of amides is 1. The lowest BCUT2D eigenvalue weighted by atomic mass is 9.76. The van der Waals surface area contributed by atoms with Gasteiger partial charge in [-0.15, -0.1) is 0 Å². The molecule has 28 atom stereocenters. The number of carbonyl (C=O) groups is 2. The van der Waals surface area contributed by atoms with Gasteiger partial charge in [-0.05, 0) is 78.0 Å². The number of phenolic OH excluding ortho intramolecular Hbond substituents is 2. The van der Waals surface area contributed by atoms with Gasteiger partial charge >= 0.3 is 0 Å². The number of aliphatic hydroxyl groups is 11. The van der Waals surface area contributed by atoms with Crippen molar-refractivity contribution in [2.75, 3.05) is 13.7 Å². The number of benzene rings is 2. The molecule has 28 nitrogen and oxygen atoms in total. The standard InChI is InChI=1S/C55H81NO27/c1-18-28(78-34-13-29(43(61)20(3)74-34)79-33-12-27(58)42(60)19(2)73-33)11-25-9-24-10-26(51(72-8)53(69)56-40-49(67)46(64)32(17-57)82-54(40)70)50(48(66)39(24)47(65)38(25)41(18)59)83-36-15-30(44(62)22(5)76-36)80-35-14-31(45(63)21(4)75-35)81-37-16-55(7,71)52(68)23(6)77-37/h9,11,19-23,26-27,29-37,40,42-46,49-52,54,57-65,67-68,70-71H,10,12-17H2,1-8H3,(H,56,69)/t19?,20?,21?,22?,23?,26-,27?,29?,30?,31?,32?,33?,34?,35?,36?,37?,40?,42?,43?,44?,45?,46?,49?,50+,51+,52?,54?,55?/m1/s1. The number of hydrogen-bond acceptors (Lipinski definition) is 27. The molecule has 0 radical (unpaired) electrons. The van der Waals surface area contributed by atoms with Gasteiger partial charge in [0.05, 0.1) is 78.1 Å². The molecule has 14 N–H and O–H groups in total. The summed E-state index contributed by atoms with van der Waals surface area (Å²) in [6.45, 7) is 9.99. The molecule has 6 heterocycles. The largest absolute Gasteiger partial charge is 0.507 e. The number of rotatable bonds is 15. The molecule has 83 heavy (non-hydrogen) atoms. The van der Waals surface area contributed by atoms with E-state index in [0.29, 0.717) is 0 Å². The third kappa shape index (κ3) is 13.0. The number of Topliss-reactive ketones (excluding diaryl/α,β-unsaturated/α-hetero) is 1. The summed E-state index contributed by atoms with van der Waals surface area (Å²) < 4.78 is 72.1. The van der Waals surface area contributed by atoms with E-state index in [4.69, 9.17) is 56.8 Å². The fourth-order valence-corrected chi connectivity index (χ4v) is 12.4. The number of aromatic hydroxyl groups is 2. The number of aliphatic hydroxyl groups excluding tert-OH is 10.